The van der Waals surface area contributed by atoms with Gasteiger partial charge in [-0.1, -0.05) is 0 Å². The zero-order valence-corrected chi connectivity index (χ0v) is 10.3. The van der Waals surface area contributed by atoms with Crippen molar-refractivity contribution >= 4 is 11.5 Å². The fraction of sp³-hybridized carbons (Fsp3) is 0.200. The average Bonchev–Trinajstić information content (AvgIpc) is 2.48. The molecule has 1 aliphatic heterocycles. The average molecular weight is 248 g/mol. The Morgan fingerprint density at radius 2 is 2.46 bits per heavy atom. The molecule has 0 aromatic carbocycles. The molecule has 1 heterocycles. The topological polar surface area (TPSA) is 29.4 Å². The van der Waals surface area contributed by atoms with Crippen molar-refractivity contribution in [2.24, 2.45) is 4.99 Å². The van der Waals surface area contributed by atoms with Crippen molar-refractivity contribution in [3.8, 4) is 0 Å². The maximum Gasteiger partial charge on any atom is 0.165 e. The molecule has 0 atom stereocenters. The van der Waals surface area contributed by atoms with Crippen LogP contribution in [0.4, 0.5) is 0 Å². The molecule has 0 bridgehead atoms. The predicted octanol–water partition coefficient (Wildman–Crippen LogP) is 1.30. The second-order valence-corrected chi connectivity index (χ2v) is 2.43. The van der Waals surface area contributed by atoms with Gasteiger partial charge in [0.15, 0.2) is 5.78 Å². The smallest absolute Gasteiger partial charge is 0.165 e. The Kier molecular flexibility index (Phi) is 6.01. The summed E-state index contributed by atoms with van der Waals surface area (Å²) < 4.78 is 0. The van der Waals surface area contributed by atoms with Crippen molar-refractivity contribution in [3.05, 3.63) is 36.5 Å². The molecule has 65 valence electrons. The molecule has 0 amide bonds. The number of hydrogen-bond donors (Lipinski definition) is 0. The minimum atomic E-state index is -0.0106. The van der Waals surface area contributed by atoms with Gasteiger partial charge in [0.1, 0.15) is 0 Å². The van der Waals surface area contributed by atoms with E-state index in [4.69, 9.17) is 6.58 Å². The van der Waals surface area contributed by atoms with Gasteiger partial charge in [0, 0.05) is 45.0 Å². The van der Waals surface area contributed by atoms with Gasteiger partial charge in [-0.3, -0.25) is 15.9 Å². The molecule has 1 aliphatic rings. The largest absolute Gasteiger partial charge is 0.361 e. The van der Waals surface area contributed by atoms with Crippen LogP contribution in [-0.2, 0) is 37.5 Å². The van der Waals surface area contributed by atoms with Gasteiger partial charge in [0.25, 0.3) is 0 Å². The Labute approximate surface area is 103 Å². The van der Waals surface area contributed by atoms with Crippen molar-refractivity contribution in [1.29, 1.82) is 0 Å². The number of nitrogens with zero attached hydrogens (tertiary/aromatic N) is 1. The van der Waals surface area contributed by atoms with Crippen LogP contribution in [0.5, 0.6) is 0 Å². The monoisotopic (exact) mass is 248 g/mol. The summed E-state index contributed by atoms with van der Waals surface area (Å²) in [7, 11) is 0. The molecular weight excluding hydrogens is 239 g/mol. The SMILES string of the molecule is [CH-]=CC=[C-]C1=CC(C(C)=O)=NC1.[Y]. The summed E-state index contributed by atoms with van der Waals surface area (Å²) >= 11 is 0. The Bertz CT molecular complexity index is 300. The number of hydrogen-bond acceptors (Lipinski definition) is 2. The van der Waals surface area contributed by atoms with Crippen LogP contribution in [0.3, 0.4) is 0 Å². The van der Waals surface area contributed by atoms with Crippen molar-refractivity contribution in [3.63, 3.8) is 0 Å². The molecule has 0 saturated carbocycles. The van der Waals surface area contributed by atoms with Crippen LogP contribution in [0.25, 0.3) is 0 Å². The molecule has 1 rings (SSSR count). The molecule has 0 aliphatic carbocycles. The van der Waals surface area contributed by atoms with Gasteiger partial charge < -0.3 is 18.7 Å². The molecule has 0 N–H and O–H groups in total. The number of allylic oxidation sites excluding steroid dienone is 3. The zero-order chi connectivity index (χ0) is 8.97. The van der Waals surface area contributed by atoms with Crippen molar-refractivity contribution in [2.75, 3.05) is 6.54 Å². The fourth-order valence-corrected chi connectivity index (χ4v) is 0.882. The van der Waals surface area contributed by atoms with Gasteiger partial charge in [-0.25, -0.2) is 0 Å². The third-order valence-corrected chi connectivity index (χ3v) is 1.46. The van der Waals surface area contributed by atoms with Gasteiger partial charge >= 0.3 is 0 Å². The van der Waals surface area contributed by atoms with E-state index in [1.165, 1.54) is 13.0 Å². The van der Waals surface area contributed by atoms with Crippen molar-refractivity contribution in [2.45, 2.75) is 6.92 Å². The Balaban J connectivity index is 0.00000144. The summed E-state index contributed by atoms with van der Waals surface area (Å²) in [5.41, 5.74) is 1.41. The van der Waals surface area contributed by atoms with Gasteiger partial charge in [-0.05, 0) is 6.92 Å². The first-order chi connectivity index (χ1) is 5.74. The first kappa shape index (κ1) is 12.7. The van der Waals surface area contributed by atoms with E-state index in [2.05, 4.69) is 11.1 Å². The second kappa shape index (κ2) is 6.17. The zero-order valence-electron chi connectivity index (χ0n) is 7.45. The van der Waals surface area contributed by atoms with E-state index in [0.29, 0.717) is 12.3 Å². The van der Waals surface area contributed by atoms with Crippen LogP contribution < -0.4 is 0 Å². The first-order valence-electron chi connectivity index (χ1n) is 3.63. The molecule has 0 aromatic heterocycles. The van der Waals surface area contributed by atoms with E-state index in [-0.39, 0.29) is 38.5 Å². The normalized spacial score (nSPS) is 14.8. The first-order valence-corrected chi connectivity index (χ1v) is 3.63. The molecule has 0 unspecified atom stereocenters. The molecular formula is C10H9NOY-2. The summed E-state index contributed by atoms with van der Waals surface area (Å²) in [5.74, 6) is -0.0106. The van der Waals surface area contributed by atoms with Gasteiger partial charge in [0.05, 0.1) is 0 Å². The summed E-state index contributed by atoms with van der Waals surface area (Å²) in [5, 5.41) is 0. The van der Waals surface area contributed by atoms with E-state index in [1.807, 2.05) is 0 Å². The molecule has 3 heteroatoms. The van der Waals surface area contributed by atoms with E-state index in [9.17, 15) is 4.79 Å². The summed E-state index contributed by atoms with van der Waals surface area (Å²) in [4.78, 5) is 14.8. The Hall–Kier alpha value is -0.336. The van der Waals surface area contributed by atoms with Gasteiger partial charge in [-0.15, -0.1) is 6.08 Å². The van der Waals surface area contributed by atoms with Gasteiger partial charge in [0.2, 0.25) is 0 Å². The van der Waals surface area contributed by atoms with Crippen LogP contribution in [0, 0.1) is 12.7 Å². The summed E-state index contributed by atoms with van der Waals surface area (Å²) in [6.07, 6.45) is 7.63. The Morgan fingerprint density at radius 1 is 1.77 bits per heavy atom. The molecule has 1 radical (unpaired) electrons. The summed E-state index contributed by atoms with van der Waals surface area (Å²) in [6, 6.07) is 0. The van der Waals surface area contributed by atoms with Crippen LogP contribution >= 0.6 is 0 Å². The number of ketones is 1. The maximum absolute atomic E-state index is 10.8. The van der Waals surface area contributed by atoms with Crippen LogP contribution in [0.15, 0.2) is 28.8 Å². The summed E-state index contributed by atoms with van der Waals surface area (Å²) in [6.45, 7) is 7.15. The third-order valence-electron chi connectivity index (χ3n) is 1.46. The Morgan fingerprint density at radius 3 is 2.92 bits per heavy atom. The quantitative estimate of drug-likeness (QED) is 0.546. The van der Waals surface area contributed by atoms with Crippen LogP contribution in [0.2, 0.25) is 0 Å². The number of Topliss-reactive ketones (excluding diaryl/α,β-unsaturated/α-hetero) is 1. The predicted molar refractivity (Wildman–Crippen MR) is 47.7 cm³/mol. The second-order valence-electron chi connectivity index (χ2n) is 2.43. The molecule has 13 heavy (non-hydrogen) atoms. The fourth-order valence-electron chi connectivity index (χ4n) is 0.882. The number of carbonyl (C=O) groups excluding carboxylic acids is 1. The van der Waals surface area contributed by atoms with Crippen LogP contribution in [0.1, 0.15) is 6.92 Å². The van der Waals surface area contributed by atoms with E-state index in [0.717, 1.165) is 5.57 Å². The standard InChI is InChI=1S/C10H9NO.Y/c1-3-4-5-9-6-10(8(2)12)11-7-9;/h1,3-4,6H,7H2,2H3;/q-2;. The van der Waals surface area contributed by atoms with Crippen LogP contribution in [-0.4, -0.2) is 18.0 Å². The molecule has 0 spiro atoms. The molecule has 0 saturated heterocycles. The number of aliphatic imine (C=N–C) groups is 1. The number of carbonyl (C=O) groups is 1. The minimum absolute atomic E-state index is 0. The van der Waals surface area contributed by atoms with E-state index < -0.39 is 0 Å². The third kappa shape index (κ3) is 3.92. The molecule has 0 fully saturated rings. The van der Waals surface area contributed by atoms with E-state index in [1.54, 1.807) is 12.2 Å². The minimum Gasteiger partial charge on any atom is -0.361 e. The molecule has 2 nitrogen and oxygen atoms in total. The number of rotatable bonds is 3. The van der Waals surface area contributed by atoms with E-state index >= 15 is 0 Å². The van der Waals surface area contributed by atoms with Gasteiger partial charge in [-0.2, -0.15) is 5.57 Å². The van der Waals surface area contributed by atoms with Crippen molar-refractivity contribution < 1.29 is 37.5 Å². The maximum atomic E-state index is 10.8. The van der Waals surface area contributed by atoms with Crippen molar-refractivity contribution in [1.82, 2.24) is 0 Å². The molecule has 0 aromatic rings.